The standard InChI is InChI=1S/C10H4Br2N2O/c11-8-2-6(1-7(4-13)5-14)3-9(12)10(8)15/h1-3,15H/p-1. The Kier molecular flexibility index (Phi) is 3.90. The van der Waals surface area contributed by atoms with Crippen LogP contribution in [0.4, 0.5) is 0 Å². The van der Waals surface area contributed by atoms with Crippen LogP contribution in [-0.2, 0) is 0 Å². The fraction of sp³-hybridized carbons (Fsp3) is 0. The molecule has 0 aromatic heterocycles. The summed E-state index contributed by atoms with van der Waals surface area (Å²) in [6.07, 6.45) is 1.41. The summed E-state index contributed by atoms with van der Waals surface area (Å²) in [5, 5.41) is 28.4. The predicted molar refractivity (Wildman–Crippen MR) is 60.5 cm³/mol. The molecule has 5 heteroatoms. The molecule has 0 N–H and O–H groups in total. The maximum atomic E-state index is 11.3. The first-order chi connectivity index (χ1) is 7.08. The average molecular weight is 327 g/mol. The Balaban J connectivity index is 3.26. The Hall–Kier alpha value is -1.30. The van der Waals surface area contributed by atoms with Crippen LogP contribution in [0.5, 0.6) is 5.75 Å². The van der Waals surface area contributed by atoms with Gasteiger partial charge in [0.2, 0.25) is 0 Å². The average Bonchev–Trinajstić information content (AvgIpc) is 2.22. The Bertz CT molecular complexity index is 470. The van der Waals surface area contributed by atoms with Crippen LogP contribution in [0.2, 0.25) is 0 Å². The largest absolute Gasteiger partial charge is 0.871 e. The molecular formula is C10H3Br2N2O-. The third kappa shape index (κ3) is 2.82. The van der Waals surface area contributed by atoms with Crippen LogP contribution in [0.25, 0.3) is 6.08 Å². The lowest BCUT2D eigenvalue weighted by molar-refractivity contribution is -0.270. The van der Waals surface area contributed by atoms with Crippen LogP contribution in [0, 0.1) is 22.7 Å². The Morgan fingerprint density at radius 1 is 1.20 bits per heavy atom. The van der Waals surface area contributed by atoms with Crippen LogP contribution in [-0.4, -0.2) is 0 Å². The number of nitrogens with zero attached hydrogens (tertiary/aromatic N) is 2. The van der Waals surface area contributed by atoms with E-state index in [4.69, 9.17) is 10.5 Å². The number of hydrogen-bond acceptors (Lipinski definition) is 3. The number of benzene rings is 1. The van der Waals surface area contributed by atoms with Crippen LogP contribution in [0.15, 0.2) is 26.7 Å². The summed E-state index contributed by atoms with van der Waals surface area (Å²) in [6, 6.07) is 6.60. The van der Waals surface area contributed by atoms with E-state index >= 15 is 0 Å². The zero-order valence-corrected chi connectivity index (χ0v) is 10.5. The lowest BCUT2D eigenvalue weighted by Gasteiger charge is -2.11. The van der Waals surface area contributed by atoms with Crippen molar-refractivity contribution in [1.29, 1.82) is 10.5 Å². The summed E-state index contributed by atoms with van der Waals surface area (Å²) in [4.78, 5) is 0. The molecule has 0 bridgehead atoms. The maximum absolute atomic E-state index is 11.3. The van der Waals surface area contributed by atoms with Gasteiger partial charge in [0.15, 0.2) is 0 Å². The zero-order chi connectivity index (χ0) is 11.4. The third-order valence-corrected chi connectivity index (χ3v) is 2.75. The highest BCUT2D eigenvalue weighted by Crippen LogP contribution is 2.31. The van der Waals surface area contributed by atoms with Crippen molar-refractivity contribution in [3.05, 3.63) is 32.2 Å². The van der Waals surface area contributed by atoms with E-state index in [-0.39, 0.29) is 11.3 Å². The van der Waals surface area contributed by atoms with E-state index in [9.17, 15) is 5.11 Å². The highest BCUT2D eigenvalue weighted by atomic mass is 79.9. The minimum absolute atomic E-state index is 0.00699. The minimum Gasteiger partial charge on any atom is -0.871 e. The predicted octanol–water partition coefficient (Wildman–Crippen LogP) is 2.72. The molecule has 74 valence electrons. The molecule has 0 saturated heterocycles. The third-order valence-electron chi connectivity index (χ3n) is 1.57. The zero-order valence-electron chi connectivity index (χ0n) is 7.29. The van der Waals surface area contributed by atoms with Gasteiger partial charge in [-0.1, -0.05) is 37.6 Å². The van der Waals surface area contributed by atoms with Crippen LogP contribution >= 0.6 is 31.9 Å². The maximum Gasteiger partial charge on any atom is 0.130 e. The summed E-state index contributed by atoms with van der Waals surface area (Å²) < 4.78 is 0.775. The van der Waals surface area contributed by atoms with Gasteiger partial charge < -0.3 is 5.11 Å². The van der Waals surface area contributed by atoms with Crippen molar-refractivity contribution in [2.75, 3.05) is 0 Å². The topological polar surface area (TPSA) is 70.6 Å². The highest BCUT2D eigenvalue weighted by molar-refractivity contribution is 9.11. The molecule has 0 radical (unpaired) electrons. The summed E-state index contributed by atoms with van der Waals surface area (Å²) >= 11 is 6.19. The van der Waals surface area contributed by atoms with Gasteiger partial charge in [-0.3, -0.25) is 0 Å². The van der Waals surface area contributed by atoms with Crippen molar-refractivity contribution >= 4 is 37.9 Å². The lowest BCUT2D eigenvalue weighted by atomic mass is 10.1. The minimum atomic E-state index is -0.164. The first-order valence-electron chi connectivity index (χ1n) is 3.76. The highest BCUT2D eigenvalue weighted by Gasteiger charge is 1.99. The molecule has 0 atom stereocenters. The van der Waals surface area contributed by atoms with E-state index in [1.165, 1.54) is 6.08 Å². The van der Waals surface area contributed by atoms with Gasteiger partial charge in [0, 0.05) is 8.95 Å². The summed E-state index contributed by atoms with van der Waals surface area (Å²) in [5.74, 6) is -0.164. The molecule has 0 amide bonds. The molecule has 0 heterocycles. The van der Waals surface area contributed by atoms with Crippen molar-refractivity contribution in [2.45, 2.75) is 0 Å². The second-order valence-corrected chi connectivity index (χ2v) is 4.30. The number of halogens is 2. The van der Waals surface area contributed by atoms with Crippen molar-refractivity contribution in [3.63, 3.8) is 0 Å². The van der Waals surface area contributed by atoms with E-state index in [0.717, 1.165) is 0 Å². The monoisotopic (exact) mass is 325 g/mol. The number of hydrogen-bond donors (Lipinski definition) is 0. The first kappa shape index (κ1) is 11.8. The van der Waals surface area contributed by atoms with Gasteiger partial charge in [0.05, 0.1) is 0 Å². The Morgan fingerprint density at radius 3 is 2.07 bits per heavy atom. The second-order valence-electron chi connectivity index (χ2n) is 2.60. The molecule has 3 nitrogen and oxygen atoms in total. The van der Waals surface area contributed by atoms with Gasteiger partial charge in [-0.2, -0.15) is 10.5 Å². The van der Waals surface area contributed by atoms with Crippen molar-refractivity contribution in [3.8, 4) is 17.9 Å². The van der Waals surface area contributed by atoms with E-state index in [0.29, 0.717) is 14.5 Å². The van der Waals surface area contributed by atoms with Gasteiger partial charge >= 0.3 is 0 Å². The van der Waals surface area contributed by atoms with Crippen molar-refractivity contribution < 1.29 is 5.11 Å². The summed E-state index contributed by atoms with van der Waals surface area (Å²) in [6.45, 7) is 0. The van der Waals surface area contributed by atoms with Gasteiger partial charge in [0.1, 0.15) is 17.7 Å². The molecule has 0 saturated carbocycles. The van der Waals surface area contributed by atoms with Gasteiger partial charge in [-0.15, -0.1) is 0 Å². The normalized spacial score (nSPS) is 8.80. The number of allylic oxidation sites excluding steroid dienone is 1. The molecule has 1 aromatic carbocycles. The van der Waals surface area contributed by atoms with E-state index < -0.39 is 0 Å². The molecular weight excluding hydrogens is 324 g/mol. The van der Waals surface area contributed by atoms with Crippen molar-refractivity contribution in [1.82, 2.24) is 0 Å². The molecule has 0 aliphatic heterocycles. The molecule has 0 aliphatic rings. The molecule has 0 spiro atoms. The quantitative estimate of drug-likeness (QED) is 0.745. The molecule has 0 fully saturated rings. The number of rotatable bonds is 1. The summed E-state index contributed by atoms with van der Waals surface area (Å²) in [5.41, 5.74) is 0.610. The van der Waals surface area contributed by atoms with Crippen LogP contribution in [0.3, 0.4) is 0 Å². The van der Waals surface area contributed by atoms with Crippen LogP contribution in [0.1, 0.15) is 5.56 Å². The first-order valence-corrected chi connectivity index (χ1v) is 5.35. The Labute approximate surface area is 104 Å². The smallest absolute Gasteiger partial charge is 0.130 e. The SMILES string of the molecule is N#CC(C#N)=Cc1cc(Br)c([O-])c(Br)c1. The van der Waals surface area contributed by atoms with Gasteiger partial charge in [-0.05, 0) is 23.8 Å². The summed E-state index contributed by atoms with van der Waals surface area (Å²) in [7, 11) is 0. The molecule has 0 unspecified atom stereocenters. The van der Waals surface area contributed by atoms with E-state index in [2.05, 4.69) is 31.9 Å². The second kappa shape index (κ2) is 4.97. The van der Waals surface area contributed by atoms with E-state index in [1.54, 1.807) is 24.3 Å². The Morgan fingerprint density at radius 2 is 1.67 bits per heavy atom. The molecule has 1 aromatic rings. The van der Waals surface area contributed by atoms with Crippen LogP contribution < -0.4 is 5.11 Å². The fourth-order valence-corrected chi connectivity index (χ4v) is 2.14. The fourth-order valence-electron chi connectivity index (χ4n) is 0.919. The molecule has 0 aliphatic carbocycles. The number of nitriles is 2. The van der Waals surface area contributed by atoms with Crippen molar-refractivity contribution in [2.24, 2.45) is 0 Å². The van der Waals surface area contributed by atoms with Gasteiger partial charge in [-0.25, -0.2) is 0 Å². The van der Waals surface area contributed by atoms with E-state index in [1.807, 2.05) is 0 Å². The lowest BCUT2D eigenvalue weighted by Crippen LogP contribution is -1.93. The molecule has 1 rings (SSSR count). The molecule has 15 heavy (non-hydrogen) atoms. The van der Waals surface area contributed by atoms with Gasteiger partial charge in [0.25, 0.3) is 0 Å².